The molecular weight excluding hydrogens is 328 g/mol. The SMILES string of the molecule is CCCNC(=O)[C@H]1CN(C(=O)Cn2cc(C)c(=O)[nH]c2=O)CC[C@H]1O. The van der Waals surface area contributed by atoms with Crippen molar-refractivity contribution >= 4 is 11.8 Å². The van der Waals surface area contributed by atoms with Gasteiger partial charge in [0.1, 0.15) is 6.54 Å². The van der Waals surface area contributed by atoms with Crippen LogP contribution in [-0.2, 0) is 16.1 Å². The molecule has 9 nitrogen and oxygen atoms in total. The minimum atomic E-state index is -0.793. The summed E-state index contributed by atoms with van der Waals surface area (Å²) in [5.41, 5.74) is -0.807. The molecule has 0 unspecified atom stereocenters. The standard InChI is InChI=1S/C16H24N4O5/c1-3-5-17-15(24)11-8-19(6-4-12(11)21)13(22)9-20-7-10(2)14(23)18-16(20)25/h7,11-12,21H,3-6,8-9H2,1-2H3,(H,17,24)(H,18,23,25)/t11-,12+/m0/s1. The zero-order chi connectivity index (χ0) is 18.6. The number of carbonyl (C=O) groups is 2. The molecule has 2 amide bonds. The largest absolute Gasteiger partial charge is 0.392 e. The van der Waals surface area contributed by atoms with E-state index in [1.54, 1.807) is 6.92 Å². The van der Waals surface area contributed by atoms with E-state index in [0.717, 1.165) is 11.0 Å². The molecule has 1 aliphatic heterocycles. The Balaban J connectivity index is 2.07. The lowest BCUT2D eigenvalue weighted by atomic mass is 9.93. The Morgan fingerprint density at radius 3 is 2.80 bits per heavy atom. The second-order valence-corrected chi connectivity index (χ2v) is 6.29. The van der Waals surface area contributed by atoms with Gasteiger partial charge in [0.2, 0.25) is 11.8 Å². The number of aromatic nitrogens is 2. The minimum absolute atomic E-state index is 0.104. The topological polar surface area (TPSA) is 124 Å². The number of nitrogens with zero attached hydrogens (tertiary/aromatic N) is 2. The first-order valence-electron chi connectivity index (χ1n) is 8.37. The van der Waals surface area contributed by atoms with Gasteiger partial charge in [-0.25, -0.2) is 4.79 Å². The lowest BCUT2D eigenvalue weighted by Crippen LogP contribution is -2.52. The van der Waals surface area contributed by atoms with Crippen molar-refractivity contribution in [2.24, 2.45) is 5.92 Å². The summed E-state index contributed by atoms with van der Waals surface area (Å²) < 4.78 is 1.14. The summed E-state index contributed by atoms with van der Waals surface area (Å²) in [4.78, 5) is 51.4. The zero-order valence-corrected chi connectivity index (χ0v) is 14.4. The van der Waals surface area contributed by atoms with Crippen LogP contribution in [0, 0.1) is 12.8 Å². The highest BCUT2D eigenvalue weighted by Crippen LogP contribution is 2.18. The van der Waals surface area contributed by atoms with Crippen LogP contribution >= 0.6 is 0 Å². The number of hydrogen-bond donors (Lipinski definition) is 3. The third-order valence-corrected chi connectivity index (χ3v) is 4.31. The lowest BCUT2D eigenvalue weighted by molar-refractivity contribution is -0.140. The summed E-state index contributed by atoms with van der Waals surface area (Å²) in [5.74, 6) is -1.30. The summed E-state index contributed by atoms with van der Waals surface area (Å²) in [6.07, 6.45) is 1.63. The minimum Gasteiger partial charge on any atom is -0.392 e. The number of likely N-dealkylation sites (tertiary alicyclic amines) is 1. The molecule has 2 heterocycles. The van der Waals surface area contributed by atoms with Crippen LogP contribution in [-0.4, -0.2) is 57.1 Å². The van der Waals surface area contributed by atoms with E-state index in [1.165, 1.54) is 11.1 Å². The van der Waals surface area contributed by atoms with Crippen molar-refractivity contribution in [2.45, 2.75) is 39.3 Å². The van der Waals surface area contributed by atoms with Gasteiger partial charge in [-0.15, -0.1) is 0 Å². The van der Waals surface area contributed by atoms with Gasteiger partial charge in [0.05, 0.1) is 12.0 Å². The number of aromatic amines is 1. The Morgan fingerprint density at radius 1 is 1.40 bits per heavy atom. The molecule has 1 aromatic rings. The van der Waals surface area contributed by atoms with Crippen LogP contribution in [0.15, 0.2) is 15.8 Å². The van der Waals surface area contributed by atoms with Crippen LogP contribution in [0.5, 0.6) is 0 Å². The number of hydrogen-bond acceptors (Lipinski definition) is 5. The molecule has 1 aromatic heterocycles. The number of rotatable bonds is 5. The molecule has 0 saturated carbocycles. The highest BCUT2D eigenvalue weighted by atomic mass is 16.3. The van der Waals surface area contributed by atoms with Gasteiger partial charge in [0.15, 0.2) is 0 Å². The Morgan fingerprint density at radius 2 is 2.12 bits per heavy atom. The number of aliphatic hydroxyl groups excluding tert-OH is 1. The van der Waals surface area contributed by atoms with Gasteiger partial charge in [0.25, 0.3) is 5.56 Å². The van der Waals surface area contributed by atoms with E-state index >= 15 is 0 Å². The number of nitrogens with one attached hydrogen (secondary N) is 2. The molecule has 0 spiro atoms. The number of H-pyrrole nitrogens is 1. The van der Waals surface area contributed by atoms with E-state index < -0.39 is 23.3 Å². The molecule has 2 rings (SSSR count). The first kappa shape index (κ1) is 18.9. The molecule has 0 aliphatic carbocycles. The first-order valence-corrected chi connectivity index (χ1v) is 8.37. The Bertz CT molecular complexity index is 754. The predicted octanol–water partition coefficient (Wildman–Crippen LogP) is -1.42. The van der Waals surface area contributed by atoms with Gasteiger partial charge in [-0.3, -0.25) is 23.9 Å². The van der Waals surface area contributed by atoms with Crippen LogP contribution in [0.1, 0.15) is 25.3 Å². The fraction of sp³-hybridized carbons (Fsp3) is 0.625. The van der Waals surface area contributed by atoms with Gasteiger partial charge in [0, 0.05) is 31.4 Å². The van der Waals surface area contributed by atoms with E-state index in [4.69, 9.17) is 0 Å². The van der Waals surface area contributed by atoms with Gasteiger partial charge >= 0.3 is 5.69 Å². The quantitative estimate of drug-likeness (QED) is 0.600. The Kier molecular flexibility index (Phi) is 6.13. The van der Waals surface area contributed by atoms with Crippen molar-refractivity contribution in [2.75, 3.05) is 19.6 Å². The van der Waals surface area contributed by atoms with Crippen molar-refractivity contribution < 1.29 is 14.7 Å². The third kappa shape index (κ3) is 4.56. The highest BCUT2D eigenvalue weighted by Gasteiger charge is 2.34. The maximum Gasteiger partial charge on any atom is 0.328 e. The summed E-state index contributed by atoms with van der Waals surface area (Å²) in [5, 5.41) is 12.8. The number of aryl methyl sites for hydroxylation is 1. The smallest absolute Gasteiger partial charge is 0.328 e. The molecule has 25 heavy (non-hydrogen) atoms. The van der Waals surface area contributed by atoms with Crippen molar-refractivity contribution in [3.8, 4) is 0 Å². The van der Waals surface area contributed by atoms with Gasteiger partial charge in [-0.2, -0.15) is 0 Å². The molecule has 138 valence electrons. The molecule has 1 aliphatic rings. The van der Waals surface area contributed by atoms with E-state index in [-0.39, 0.29) is 24.9 Å². The molecule has 0 bridgehead atoms. The molecule has 1 saturated heterocycles. The fourth-order valence-electron chi connectivity index (χ4n) is 2.78. The molecule has 3 N–H and O–H groups in total. The van der Waals surface area contributed by atoms with Crippen LogP contribution in [0.4, 0.5) is 0 Å². The van der Waals surface area contributed by atoms with Gasteiger partial charge < -0.3 is 15.3 Å². The monoisotopic (exact) mass is 352 g/mol. The highest BCUT2D eigenvalue weighted by molar-refractivity contribution is 5.81. The molecule has 9 heteroatoms. The zero-order valence-electron chi connectivity index (χ0n) is 14.4. The first-order chi connectivity index (χ1) is 11.8. The second kappa shape index (κ2) is 8.11. The average Bonchev–Trinajstić information content (AvgIpc) is 2.57. The Labute approximate surface area is 144 Å². The average molecular weight is 352 g/mol. The van der Waals surface area contributed by atoms with Crippen LogP contribution in [0.3, 0.4) is 0 Å². The van der Waals surface area contributed by atoms with Crippen LogP contribution < -0.4 is 16.6 Å². The molecular formula is C16H24N4O5. The van der Waals surface area contributed by atoms with Crippen molar-refractivity contribution in [3.63, 3.8) is 0 Å². The predicted molar refractivity (Wildman–Crippen MR) is 90.1 cm³/mol. The summed E-state index contributed by atoms with van der Waals surface area (Å²) in [6, 6.07) is 0. The van der Waals surface area contributed by atoms with E-state index in [0.29, 0.717) is 25.1 Å². The van der Waals surface area contributed by atoms with Crippen molar-refractivity contribution in [1.29, 1.82) is 0 Å². The number of aliphatic hydroxyl groups is 1. The van der Waals surface area contributed by atoms with E-state index in [9.17, 15) is 24.3 Å². The summed E-state index contributed by atoms with van der Waals surface area (Å²) in [7, 11) is 0. The Hall–Kier alpha value is -2.42. The lowest BCUT2D eigenvalue weighted by Gasteiger charge is -2.35. The number of carbonyl (C=O) groups excluding carboxylic acids is 2. The maximum atomic E-state index is 12.5. The van der Waals surface area contributed by atoms with Crippen LogP contribution in [0.25, 0.3) is 0 Å². The fourth-order valence-corrected chi connectivity index (χ4v) is 2.78. The molecule has 0 aromatic carbocycles. The van der Waals surface area contributed by atoms with Gasteiger partial charge in [-0.05, 0) is 19.8 Å². The van der Waals surface area contributed by atoms with E-state index in [2.05, 4.69) is 10.3 Å². The molecule has 2 atom stereocenters. The number of piperidine rings is 1. The van der Waals surface area contributed by atoms with E-state index in [1.807, 2.05) is 6.92 Å². The molecule has 1 fully saturated rings. The van der Waals surface area contributed by atoms with Crippen LogP contribution in [0.2, 0.25) is 0 Å². The second-order valence-electron chi connectivity index (χ2n) is 6.29. The summed E-state index contributed by atoms with van der Waals surface area (Å²) in [6.45, 7) is 4.18. The normalized spacial score (nSPS) is 20.4. The van der Waals surface area contributed by atoms with Gasteiger partial charge in [-0.1, -0.05) is 6.92 Å². The maximum absolute atomic E-state index is 12.5. The third-order valence-electron chi connectivity index (χ3n) is 4.31. The molecule has 0 radical (unpaired) electrons. The van der Waals surface area contributed by atoms with Crippen molar-refractivity contribution in [1.82, 2.24) is 19.8 Å². The number of amides is 2. The summed E-state index contributed by atoms with van der Waals surface area (Å²) >= 11 is 0. The van der Waals surface area contributed by atoms with Crippen molar-refractivity contribution in [3.05, 3.63) is 32.6 Å².